The zero-order valence-electron chi connectivity index (χ0n) is 15.8. The number of benzene rings is 2. The molecule has 0 spiro atoms. The second-order valence-electron chi connectivity index (χ2n) is 6.18. The summed E-state index contributed by atoms with van der Waals surface area (Å²) in [6.07, 6.45) is 1.54. The molecule has 0 bridgehead atoms. The minimum Gasteiger partial charge on any atom is -0.497 e. The summed E-state index contributed by atoms with van der Waals surface area (Å²) in [6, 6.07) is 15.7. The molecule has 2 aromatic carbocycles. The molecule has 6 nitrogen and oxygen atoms in total. The van der Waals surface area contributed by atoms with E-state index in [1.165, 1.54) is 11.1 Å². The Bertz CT molecular complexity index is 882. The number of hydrogen-bond acceptors (Lipinski definition) is 6. The summed E-state index contributed by atoms with van der Waals surface area (Å²) in [4.78, 5) is 8.54. The van der Waals surface area contributed by atoms with Crippen molar-refractivity contribution in [2.45, 2.75) is 13.8 Å². The normalized spacial score (nSPS) is 10.3. The minimum absolute atomic E-state index is 0.524. The van der Waals surface area contributed by atoms with Crippen LogP contribution >= 0.6 is 0 Å². The molecule has 3 rings (SSSR count). The molecule has 0 saturated heterocycles. The lowest BCUT2D eigenvalue weighted by atomic mass is 10.1. The number of aryl methyl sites for hydroxylation is 2. The summed E-state index contributed by atoms with van der Waals surface area (Å²) >= 11 is 0. The maximum Gasteiger partial charge on any atom is 0.135 e. The van der Waals surface area contributed by atoms with Crippen LogP contribution in [-0.2, 0) is 0 Å². The van der Waals surface area contributed by atoms with Crippen LogP contribution in [0.1, 0.15) is 11.1 Å². The Morgan fingerprint density at radius 3 is 2.37 bits per heavy atom. The van der Waals surface area contributed by atoms with E-state index in [1.807, 2.05) is 30.3 Å². The fraction of sp³-hybridized carbons (Fsp3) is 0.238. The number of rotatable bonds is 8. The molecule has 140 valence electrons. The van der Waals surface area contributed by atoms with Crippen molar-refractivity contribution >= 4 is 17.3 Å². The Morgan fingerprint density at radius 1 is 0.889 bits per heavy atom. The van der Waals surface area contributed by atoms with Crippen LogP contribution in [-0.4, -0.2) is 30.2 Å². The number of aromatic nitrogens is 2. The molecule has 0 saturated carbocycles. The maximum atomic E-state index is 5.70. The van der Waals surface area contributed by atoms with Gasteiger partial charge in [0.2, 0.25) is 0 Å². The largest absolute Gasteiger partial charge is 0.497 e. The minimum atomic E-state index is 0.524. The molecule has 0 unspecified atom stereocenters. The van der Waals surface area contributed by atoms with E-state index in [0.717, 1.165) is 28.8 Å². The molecule has 1 aromatic heterocycles. The van der Waals surface area contributed by atoms with E-state index in [0.29, 0.717) is 13.2 Å². The smallest absolute Gasteiger partial charge is 0.135 e. The number of methoxy groups -OCH3 is 1. The summed E-state index contributed by atoms with van der Waals surface area (Å²) in [5, 5.41) is 6.58. The van der Waals surface area contributed by atoms with Crippen LogP contribution in [0.5, 0.6) is 11.5 Å². The van der Waals surface area contributed by atoms with Crippen molar-refractivity contribution in [1.29, 1.82) is 0 Å². The van der Waals surface area contributed by atoms with Gasteiger partial charge in [-0.1, -0.05) is 17.7 Å². The first kappa shape index (κ1) is 18.5. The molecule has 0 aliphatic carbocycles. The van der Waals surface area contributed by atoms with Crippen LogP contribution in [0, 0.1) is 13.8 Å². The zero-order chi connectivity index (χ0) is 19.1. The van der Waals surface area contributed by atoms with Gasteiger partial charge in [-0.2, -0.15) is 0 Å². The Kier molecular flexibility index (Phi) is 6.10. The molecule has 0 atom stereocenters. The SMILES string of the molecule is COc1ccc(OCCNc2cc(Nc3ccc(C)cc3C)ncn2)cc1. The zero-order valence-corrected chi connectivity index (χ0v) is 15.8. The third-order valence-electron chi connectivity index (χ3n) is 4.05. The average Bonchev–Trinajstić information content (AvgIpc) is 2.68. The van der Waals surface area contributed by atoms with Crippen molar-refractivity contribution in [2.24, 2.45) is 0 Å². The molecule has 2 N–H and O–H groups in total. The first-order valence-electron chi connectivity index (χ1n) is 8.81. The molecule has 3 aromatic rings. The molecule has 0 aliphatic heterocycles. The predicted octanol–water partition coefficient (Wildman–Crippen LogP) is 4.34. The van der Waals surface area contributed by atoms with E-state index in [-0.39, 0.29) is 0 Å². The number of nitrogens with one attached hydrogen (secondary N) is 2. The molecule has 0 fully saturated rings. The third-order valence-corrected chi connectivity index (χ3v) is 4.05. The second-order valence-corrected chi connectivity index (χ2v) is 6.18. The van der Waals surface area contributed by atoms with E-state index >= 15 is 0 Å². The number of anilines is 3. The summed E-state index contributed by atoms with van der Waals surface area (Å²) in [5.74, 6) is 3.11. The van der Waals surface area contributed by atoms with E-state index < -0.39 is 0 Å². The highest BCUT2D eigenvalue weighted by Crippen LogP contribution is 2.21. The van der Waals surface area contributed by atoms with Crippen molar-refractivity contribution in [3.05, 3.63) is 66.0 Å². The van der Waals surface area contributed by atoms with Crippen molar-refractivity contribution in [1.82, 2.24) is 9.97 Å². The summed E-state index contributed by atoms with van der Waals surface area (Å²) in [5.41, 5.74) is 3.45. The quantitative estimate of drug-likeness (QED) is 0.580. The van der Waals surface area contributed by atoms with E-state index in [1.54, 1.807) is 13.4 Å². The van der Waals surface area contributed by atoms with Gasteiger partial charge in [0.15, 0.2) is 0 Å². The van der Waals surface area contributed by atoms with E-state index in [4.69, 9.17) is 9.47 Å². The van der Waals surface area contributed by atoms with Gasteiger partial charge in [-0.15, -0.1) is 0 Å². The lowest BCUT2D eigenvalue weighted by Crippen LogP contribution is -2.12. The van der Waals surface area contributed by atoms with Gasteiger partial charge in [0.25, 0.3) is 0 Å². The molecule has 1 heterocycles. The van der Waals surface area contributed by atoms with Gasteiger partial charge in [0.05, 0.1) is 13.7 Å². The Balaban J connectivity index is 1.51. The summed E-state index contributed by atoms with van der Waals surface area (Å²) < 4.78 is 10.8. The maximum absolute atomic E-state index is 5.70. The Morgan fingerprint density at radius 2 is 1.63 bits per heavy atom. The molecule has 0 radical (unpaired) electrons. The number of hydrogen-bond donors (Lipinski definition) is 2. The van der Waals surface area contributed by atoms with Gasteiger partial charge in [-0.3, -0.25) is 0 Å². The molecule has 27 heavy (non-hydrogen) atoms. The summed E-state index contributed by atoms with van der Waals surface area (Å²) in [6.45, 7) is 5.31. The molecule has 0 amide bonds. The first-order valence-corrected chi connectivity index (χ1v) is 8.81. The predicted molar refractivity (Wildman–Crippen MR) is 108 cm³/mol. The van der Waals surface area contributed by atoms with E-state index in [2.05, 4.69) is 52.6 Å². The fourth-order valence-electron chi connectivity index (χ4n) is 2.63. The third kappa shape index (κ3) is 5.34. The first-order chi connectivity index (χ1) is 13.1. The fourth-order valence-corrected chi connectivity index (χ4v) is 2.63. The van der Waals surface area contributed by atoms with Gasteiger partial charge in [0.1, 0.15) is 36.1 Å². The highest BCUT2D eigenvalue weighted by Gasteiger charge is 2.03. The second kappa shape index (κ2) is 8.89. The van der Waals surface area contributed by atoms with Gasteiger partial charge in [-0.25, -0.2) is 9.97 Å². The molecular weight excluding hydrogens is 340 g/mol. The Labute approximate surface area is 159 Å². The van der Waals surface area contributed by atoms with Gasteiger partial charge >= 0.3 is 0 Å². The monoisotopic (exact) mass is 364 g/mol. The standard InChI is InChI=1S/C21H24N4O2/c1-15-4-9-19(16(2)12-15)25-21-13-20(23-14-24-21)22-10-11-27-18-7-5-17(26-3)6-8-18/h4-9,12-14H,10-11H2,1-3H3,(H2,22,23,24,25). The highest BCUT2D eigenvalue weighted by atomic mass is 16.5. The van der Waals surface area contributed by atoms with Crippen molar-refractivity contribution in [3.8, 4) is 11.5 Å². The van der Waals surface area contributed by atoms with Crippen molar-refractivity contribution in [2.75, 3.05) is 30.9 Å². The summed E-state index contributed by atoms with van der Waals surface area (Å²) in [7, 11) is 1.64. The molecule has 6 heteroatoms. The topological polar surface area (TPSA) is 68.3 Å². The van der Waals surface area contributed by atoms with Crippen LogP contribution in [0.4, 0.5) is 17.3 Å². The molecule has 0 aliphatic rings. The Hall–Kier alpha value is -3.28. The van der Waals surface area contributed by atoms with E-state index in [9.17, 15) is 0 Å². The van der Waals surface area contributed by atoms with Crippen LogP contribution in [0.15, 0.2) is 54.9 Å². The number of ether oxygens (including phenoxy) is 2. The molecular formula is C21H24N4O2. The van der Waals surface area contributed by atoms with Crippen LogP contribution < -0.4 is 20.1 Å². The van der Waals surface area contributed by atoms with Gasteiger partial charge < -0.3 is 20.1 Å². The average molecular weight is 364 g/mol. The van der Waals surface area contributed by atoms with Crippen LogP contribution in [0.2, 0.25) is 0 Å². The number of nitrogens with zero attached hydrogens (tertiary/aromatic N) is 2. The van der Waals surface area contributed by atoms with Crippen molar-refractivity contribution in [3.63, 3.8) is 0 Å². The highest BCUT2D eigenvalue weighted by molar-refractivity contribution is 5.62. The lowest BCUT2D eigenvalue weighted by Gasteiger charge is -2.11. The van der Waals surface area contributed by atoms with Crippen LogP contribution in [0.25, 0.3) is 0 Å². The van der Waals surface area contributed by atoms with Crippen molar-refractivity contribution < 1.29 is 9.47 Å². The lowest BCUT2D eigenvalue weighted by molar-refractivity contribution is 0.331. The van der Waals surface area contributed by atoms with Gasteiger partial charge in [0, 0.05) is 11.8 Å². The van der Waals surface area contributed by atoms with Crippen LogP contribution in [0.3, 0.4) is 0 Å². The van der Waals surface area contributed by atoms with Gasteiger partial charge in [-0.05, 0) is 49.7 Å².